The predicted octanol–water partition coefficient (Wildman–Crippen LogP) is 3.98. The monoisotopic (exact) mass is 406 g/mol. The molecule has 0 fully saturated rings. The predicted molar refractivity (Wildman–Crippen MR) is 116 cm³/mol. The number of hydrogen-bond donors (Lipinski definition) is 1. The fraction of sp³-hybridized carbons (Fsp3) is 0.227. The van der Waals surface area contributed by atoms with Crippen LogP contribution >= 0.6 is 12.2 Å². The van der Waals surface area contributed by atoms with E-state index in [2.05, 4.69) is 16.1 Å². The molecule has 1 amide bonds. The Labute approximate surface area is 175 Å². The molecule has 3 aromatic rings. The quantitative estimate of drug-likeness (QED) is 0.476. The summed E-state index contributed by atoms with van der Waals surface area (Å²) in [4.78, 5) is 14.3. The molecule has 1 aromatic heterocycles. The molecule has 0 bridgehead atoms. The lowest BCUT2D eigenvalue weighted by molar-refractivity contribution is -0.118. The molecule has 29 heavy (non-hydrogen) atoms. The van der Waals surface area contributed by atoms with Crippen LogP contribution in [0.15, 0.2) is 48.5 Å². The van der Waals surface area contributed by atoms with E-state index in [9.17, 15) is 4.79 Å². The van der Waals surface area contributed by atoms with E-state index in [1.165, 1.54) is 5.56 Å². The molecule has 0 aliphatic heterocycles. The Bertz CT molecular complexity index is 1080. The van der Waals surface area contributed by atoms with Crippen LogP contribution in [0, 0.1) is 24.0 Å². The molecule has 0 saturated carbocycles. The molecule has 0 aliphatic carbocycles. The van der Waals surface area contributed by atoms with E-state index in [4.69, 9.17) is 23.4 Å². The molecular formula is C22H22N4O2S. The lowest BCUT2D eigenvalue weighted by Gasteiger charge is -2.18. The highest BCUT2D eigenvalue weighted by Gasteiger charge is 2.14. The van der Waals surface area contributed by atoms with Crippen molar-refractivity contribution in [2.24, 2.45) is 0 Å². The maximum atomic E-state index is 12.7. The molecule has 1 N–H and O–H groups in total. The molecule has 0 spiro atoms. The number of terminal acetylenes is 1. The molecule has 0 radical (unpaired) electrons. The van der Waals surface area contributed by atoms with Crippen molar-refractivity contribution in [2.75, 3.05) is 18.6 Å². The normalized spacial score (nSPS) is 10.4. The van der Waals surface area contributed by atoms with E-state index in [0.29, 0.717) is 23.5 Å². The SMILES string of the molecule is C#CCOc1ccc(N(C)C(=O)CCn2c(-c3ccc(C)cc3)n[nH]c2=S)cc1. The van der Waals surface area contributed by atoms with Gasteiger partial charge in [0.25, 0.3) is 0 Å². The summed E-state index contributed by atoms with van der Waals surface area (Å²) < 4.78 is 7.70. The Kier molecular flexibility index (Phi) is 6.47. The lowest BCUT2D eigenvalue weighted by Crippen LogP contribution is -2.27. The summed E-state index contributed by atoms with van der Waals surface area (Å²) in [5.74, 6) is 3.78. The molecule has 7 heteroatoms. The van der Waals surface area contributed by atoms with Gasteiger partial charge in [-0.15, -0.1) is 6.42 Å². The minimum absolute atomic E-state index is 0.0275. The smallest absolute Gasteiger partial charge is 0.228 e. The molecule has 3 rings (SSSR count). The van der Waals surface area contributed by atoms with E-state index in [1.807, 2.05) is 47.9 Å². The molecule has 6 nitrogen and oxygen atoms in total. The van der Waals surface area contributed by atoms with Gasteiger partial charge in [0, 0.05) is 31.3 Å². The zero-order chi connectivity index (χ0) is 20.8. The van der Waals surface area contributed by atoms with Crippen LogP contribution < -0.4 is 9.64 Å². The average Bonchev–Trinajstić information content (AvgIpc) is 3.11. The maximum Gasteiger partial charge on any atom is 0.228 e. The first-order valence-corrected chi connectivity index (χ1v) is 9.55. The molecule has 0 aliphatic rings. The molecule has 0 atom stereocenters. The second kappa shape index (κ2) is 9.22. The van der Waals surface area contributed by atoms with E-state index in [-0.39, 0.29) is 12.5 Å². The van der Waals surface area contributed by atoms with Gasteiger partial charge in [0.1, 0.15) is 12.4 Å². The van der Waals surface area contributed by atoms with Crippen molar-refractivity contribution in [3.8, 4) is 29.5 Å². The van der Waals surface area contributed by atoms with E-state index in [0.717, 1.165) is 17.1 Å². The van der Waals surface area contributed by atoms with Gasteiger partial charge in [-0.2, -0.15) is 5.10 Å². The summed E-state index contributed by atoms with van der Waals surface area (Å²) in [6.45, 7) is 2.68. The summed E-state index contributed by atoms with van der Waals surface area (Å²) in [5, 5.41) is 7.14. The number of nitrogens with one attached hydrogen (secondary N) is 1. The van der Waals surface area contributed by atoms with Crippen LogP contribution in [0.4, 0.5) is 5.69 Å². The molecule has 0 saturated heterocycles. The number of benzene rings is 2. The van der Waals surface area contributed by atoms with Crippen LogP contribution in [0.5, 0.6) is 5.75 Å². The van der Waals surface area contributed by atoms with E-state index in [1.54, 1.807) is 24.1 Å². The minimum atomic E-state index is -0.0275. The van der Waals surface area contributed by atoms with Gasteiger partial charge in [0.2, 0.25) is 5.91 Å². The van der Waals surface area contributed by atoms with Crippen molar-refractivity contribution in [1.29, 1.82) is 0 Å². The number of aromatic nitrogens is 3. The number of H-pyrrole nitrogens is 1. The fourth-order valence-electron chi connectivity index (χ4n) is 2.86. The number of anilines is 1. The van der Waals surface area contributed by atoms with Crippen LogP contribution in [0.25, 0.3) is 11.4 Å². The fourth-order valence-corrected chi connectivity index (χ4v) is 3.08. The van der Waals surface area contributed by atoms with E-state index >= 15 is 0 Å². The number of aryl methyl sites for hydroxylation is 1. The van der Waals surface area contributed by atoms with Crippen molar-refractivity contribution in [1.82, 2.24) is 14.8 Å². The first kappa shape index (κ1) is 20.4. The molecule has 148 valence electrons. The summed E-state index contributed by atoms with van der Waals surface area (Å²) in [7, 11) is 1.75. The Morgan fingerprint density at radius 1 is 1.24 bits per heavy atom. The van der Waals surface area contributed by atoms with E-state index < -0.39 is 0 Å². The summed E-state index contributed by atoms with van der Waals surface area (Å²) in [6.07, 6.45) is 5.48. The lowest BCUT2D eigenvalue weighted by atomic mass is 10.1. The molecule has 2 aromatic carbocycles. The summed E-state index contributed by atoms with van der Waals surface area (Å²) in [6, 6.07) is 15.3. The van der Waals surface area contributed by atoms with Crippen LogP contribution in [0.3, 0.4) is 0 Å². The highest BCUT2D eigenvalue weighted by atomic mass is 32.1. The number of aromatic amines is 1. The number of nitrogens with zero attached hydrogens (tertiary/aromatic N) is 3. The van der Waals surface area contributed by atoms with Crippen LogP contribution in [0.2, 0.25) is 0 Å². The van der Waals surface area contributed by atoms with Gasteiger partial charge in [-0.3, -0.25) is 14.5 Å². The largest absolute Gasteiger partial charge is 0.481 e. The third kappa shape index (κ3) is 4.92. The number of amides is 1. The Morgan fingerprint density at radius 2 is 1.93 bits per heavy atom. The minimum Gasteiger partial charge on any atom is -0.481 e. The summed E-state index contributed by atoms with van der Waals surface area (Å²) in [5.41, 5.74) is 2.89. The second-order valence-electron chi connectivity index (χ2n) is 6.56. The highest BCUT2D eigenvalue weighted by Crippen LogP contribution is 2.21. The average molecular weight is 407 g/mol. The van der Waals surface area contributed by atoms with Crippen molar-refractivity contribution in [2.45, 2.75) is 19.9 Å². The number of carbonyl (C=O) groups excluding carboxylic acids is 1. The standard InChI is InChI=1S/C22H22N4O2S/c1-4-15-28-19-11-9-18(10-12-19)25(3)20(27)13-14-26-21(23-24-22(26)29)17-7-5-16(2)6-8-17/h1,5-12H,13-15H2,2-3H3,(H,24,29). The Morgan fingerprint density at radius 3 is 2.59 bits per heavy atom. The van der Waals surface area contributed by atoms with Gasteiger partial charge in [-0.1, -0.05) is 35.7 Å². The van der Waals surface area contributed by atoms with Crippen molar-refractivity contribution in [3.63, 3.8) is 0 Å². The molecule has 1 heterocycles. The summed E-state index contributed by atoms with van der Waals surface area (Å²) >= 11 is 5.35. The van der Waals surface area contributed by atoms with Gasteiger partial charge in [-0.25, -0.2) is 0 Å². The van der Waals surface area contributed by atoms with Crippen LogP contribution in [0.1, 0.15) is 12.0 Å². The van der Waals surface area contributed by atoms with Gasteiger partial charge >= 0.3 is 0 Å². The third-order valence-corrected chi connectivity index (χ3v) is 4.85. The molecule has 0 unspecified atom stereocenters. The van der Waals surface area contributed by atoms with Crippen molar-refractivity contribution < 1.29 is 9.53 Å². The van der Waals surface area contributed by atoms with Gasteiger partial charge in [-0.05, 0) is 43.4 Å². The van der Waals surface area contributed by atoms with Crippen molar-refractivity contribution in [3.05, 3.63) is 58.9 Å². The van der Waals surface area contributed by atoms with Gasteiger partial charge in [0.15, 0.2) is 10.6 Å². The van der Waals surface area contributed by atoms with Gasteiger partial charge in [0.05, 0.1) is 0 Å². The Balaban J connectivity index is 1.68. The zero-order valence-corrected chi connectivity index (χ0v) is 17.2. The van der Waals surface area contributed by atoms with Gasteiger partial charge < -0.3 is 9.64 Å². The van der Waals surface area contributed by atoms with Crippen LogP contribution in [-0.4, -0.2) is 34.3 Å². The maximum absolute atomic E-state index is 12.7. The number of hydrogen-bond acceptors (Lipinski definition) is 4. The highest BCUT2D eigenvalue weighted by molar-refractivity contribution is 7.71. The topological polar surface area (TPSA) is 63.1 Å². The first-order chi connectivity index (χ1) is 14.0. The number of ether oxygens (including phenoxy) is 1. The van der Waals surface area contributed by atoms with Crippen LogP contribution in [-0.2, 0) is 11.3 Å². The second-order valence-corrected chi connectivity index (χ2v) is 6.95. The molecular weight excluding hydrogens is 384 g/mol. The first-order valence-electron chi connectivity index (χ1n) is 9.14. The Hall–Kier alpha value is -3.37. The third-order valence-electron chi connectivity index (χ3n) is 4.54. The zero-order valence-electron chi connectivity index (χ0n) is 16.4. The number of rotatable bonds is 7. The van der Waals surface area contributed by atoms with Crippen molar-refractivity contribution >= 4 is 23.8 Å². The number of carbonyl (C=O) groups is 1.